The maximum Gasteiger partial charge on any atom is 0.168 e. The Hall–Kier alpha value is -1.44. The fourth-order valence-electron chi connectivity index (χ4n) is 1.76. The molecule has 0 saturated carbocycles. The van der Waals surface area contributed by atoms with Gasteiger partial charge in [-0.25, -0.2) is 0 Å². The van der Waals surface area contributed by atoms with Crippen LogP contribution in [0.1, 0.15) is 45.1 Å². The van der Waals surface area contributed by atoms with Crippen LogP contribution in [-0.2, 0) is 6.42 Å². The summed E-state index contributed by atoms with van der Waals surface area (Å²) in [5.41, 5.74) is 1.29. The maximum atomic E-state index is 5.60. The fourth-order valence-corrected chi connectivity index (χ4v) is 1.76. The zero-order valence-electron chi connectivity index (χ0n) is 11.7. The molecule has 0 aromatic heterocycles. The smallest absolute Gasteiger partial charge is 0.168 e. The van der Waals surface area contributed by atoms with Gasteiger partial charge in [-0.1, -0.05) is 32.8 Å². The van der Waals surface area contributed by atoms with E-state index in [9.17, 15) is 0 Å². The average molecular weight is 248 g/mol. The second kappa shape index (κ2) is 8.62. The summed E-state index contributed by atoms with van der Waals surface area (Å²) in [5.74, 6) is 1.59. The van der Waals surface area contributed by atoms with E-state index in [0.717, 1.165) is 30.8 Å². The first-order chi connectivity index (χ1) is 8.81. The molecule has 0 aliphatic rings. The number of benzene rings is 1. The van der Waals surface area contributed by atoms with Crippen LogP contribution in [0.2, 0.25) is 0 Å². The molecule has 0 fully saturated rings. The first-order valence-electron chi connectivity index (χ1n) is 6.80. The summed E-state index contributed by atoms with van der Waals surface area (Å²) in [6.07, 6.45) is 9.50. The molecular formula is C16H24O2. The third kappa shape index (κ3) is 4.82. The van der Waals surface area contributed by atoms with Crippen molar-refractivity contribution in [2.45, 2.75) is 46.0 Å². The van der Waals surface area contributed by atoms with Crippen LogP contribution in [0, 0.1) is 0 Å². The summed E-state index contributed by atoms with van der Waals surface area (Å²) in [5, 5.41) is 0. The van der Waals surface area contributed by atoms with E-state index in [1.165, 1.54) is 18.4 Å². The number of hydrogen-bond acceptors (Lipinski definition) is 2. The number of hydrogen-bond donors (Lipinski definition) is 0. The van der Waals surface area contributed by atoms with E-state index in [1.807, 2.05) is 6.07 Å². The number of unbranched alkanes of at least 4 members (excludes halogenated alkanes) is 2. The van der Waals surface area contributed by atoms with Gasteiger partial charge in [0.05, 0.1) is 13.4 Å². The second-order valence-corrected chi connectivity index (χ2v) is 4.37. The van der Waals surface area contributed by atoms with Gasteiger partial charge in [-0.05, 0) is 43.0 Å². The molecular weight excluding hydrogens is 224 g/mol. The number of rotatable bonds is 8. The van der Waals surface area contributed by atoms with E-state index in [-0.39, 0.29) is 0 Å². The minimum Gasteiger partial charge on any atom is -0.493 e. The molecule has 0 radical (unpaired) electrons. The van der Waals surface area contributed by atoms with Crippen molar-refractivity contribution >= 4 is 0 Å². The number of allylic oxidation sites excluding steroid dienone is 1. The average Bonchev–Trinajstić information content (AvgIpc) is 2.40. The SMILES string of the molecule is CCCCC=COc1ccc(CCC)cc1OC. The molecule has 2 heteroatoms. The molecule has 0 bridgehead atoms. The van der Waals surface area contributed by atoms with Gasteiger partial charge in [-0.15, -0.1) is 0 Å². The van der Waals surface area contributed by atoms with Gasteiger partial charge in [0, 0.05) is 0 Å². The minimum absolute atomic E-state index is 0.783. The second-order valence-electron chi connectivity index (χ2n) is 4.37. The molecule has 100 valence electrons. The molecule has 0 unspecified atom stereocenters. The van der Waals surface area contributed by atoms with Crippen LogP contribution >= 0.6 is 0 Å². The van der Waals surface area contributed by atoms with Crippen LogP contribution in [0.4, 0.5) is 0 Å². The largest absolute Gasteiger partial charge is 0.493 e. The molecule has 1 rings (SSSR count). The zero-order chi connectivity index (χ0) is 13.2. The van der Waals surface area contributed by atoms with Crippen LogP contribution in [0.3, 0.4) is 0 Å². The Kier molecular flexibility index (Phi) is 7.00. The van der Waals surface area contributed by atoms with Crippen LogP contribution in [-0.4, -0.2) is 7.11 Å². The Balaban J connectivity index is 2.61. The lowest BCUT2D eigenvalue weighted by Gasteiger charge is -2.09. The van der Waals surface area contributed by atoms with Crippen LogP contribution in [0.5, 0.6) is 11.5 Å². The van der Waals surface area contributed by atoms with Crippen molar-refractivity contribution in [3.8, 4) is 11.5 Å². The Morgan fingerprint density at radius 1 is 1.11 bits per heavy atom. The third-order valence-electron chi connectivity index (χ3n) is 2.78. The summed E-state index contributed by atoms with van der Waals surface area (Å²) >= 11 is 0. The lowest BCUT2D eigenvalue weighted by atomic mass is 10.1. The highest BCUT2D eigenvalue weighted by Crippen LogP contribution is 2.28. The Labute approximate surface area is 111 Å². The first-order valence-corrected chi connectivity index (χ1v) is 6.80. The van der Waals surface area contributed by atoms with Gasteiger partial charge >= 0.3 is 0 Å². The summed E-state index contributed by atoms with van der Waals surface area (Å²) in [6, 6.07) is 6.13. The van der Waals surface area contributed by atoms with Crippen molar-refractivity contribution in [1.82, 2.24) is 0 Å². The van der Waals surface area contributed by atoms with E-state index in [4.69, 9.17) is 9.47 Å². The van der Waals surface area contributed by atoms with Gasteiger partial charge in [0.1, 0.15) is 0 Å². The molecule has 0 spiro atoms. The van der Waals surface area contributed by atoms with E-state index < -0.39 is 0 Å². The highest BCUT2D eigenvalue weighted by Gasteiger charge is 2.04. The zero-order valence-corrected chi connectivity index (χ0v) is 11.7. The number of aryl methyl sites for hydroxylation is 1. The third-order valence-corrected chi connectivity index (χ3v) is 2.78. The summed E-state index contributed by atoms with van der Waals surface area (Å²) in [4.78, 5) is 0. The topological polar surface area (TPSA) is 18.5 Å². The van der Waals surface area contributed by atoms with Crippen molar-refractivity contribution in [3.05, 3.63) is 36.1 Å². The van der Waals surface area contributed by atoms with Crippen molar-refractivity contribution in [2.24, 2.45) is 0 Å². The van der Waals surface area contributed by atoms with Gasteiger partial charge < -0.3 is 9.47 Å². The lowest BCUT2D eigenvalue weighted by Crippen LogP contribution is -1.92. The predicted octanol–water partition coefficient (Wildman–Crippen LogP) is 4.73. The monoisotopic (exact) mass is 248 g/mol. The fraction of sp³-hybridized carbons (Fsp3) is 0.500. The van der Waals surface area contributed by atoms with Crippen LogP contribution < -0.4 is 9.47 Å². The molecule has 0 N–H and O–H groups in total. The number of ether oxygens (including phenoxy) is 2. The van der Waals surface area contributed by atoms with Gasteiger partial charge in [0.2, 0.25) is 0 Å². The molecule has 0 aliphatic heterocycles. The van der Waals surface area contributed by atoms with Crippen LogP contribution in [0.25, 0.3) is 0 Å². The van der Waals surface area contributed by atoms with Gasteiger partial charge in [-0.2, -0.15) is 0 Å². The molecule has 0 atom stereocenters. The van der Waals surface area contributed by atoms with E-state index in [1.54, 1.807) is 13.4 Å². The maximum absolute atomic E-state index is 5.60. The van der Waals surface area contributed by atoms with E-state index >= 15 is 0 Å². The molecule has 0 aliphatic carbocycles. The molecule has 1 aromatic rings. The van der Waals surface area contributed by atoms with Gasteiger partial charge in [-0.3, -0.25) is 0 Å². The lowest BCUT2D eigenvalue weighted by molar-refractivity contribution is 0.377. The molecule has 2 nitrogen and oxygen atoms in total. The Morgan fingerprint density at radius 2 is 1.94 bits per heavy atom. The van der Waals surface area contributed by atoms with Crippen LogP contribution in [0.15, 0.2) is 30.5 Å². The van der Waals surface area contributed by atoms with E-state index in [2.05, 4.69) is 32.1 Å². The Morgan fingerprint density at radius 3 is 2.61 bits per heavy atom. The van der Waals surface area contributed by atoms with Gasteiger partial charge in [0.25, 0.3) is 0 Å². The molecule has 0 amide bonds. The van der Waals surface area contributed by atoms with Crippen molar-refractivity contribution in [2.75, 3.05) is 7.11 Å². The molecule has 0 saturated heterocycles. The summed E-state index contributed by atoms with van der Waals surface area (Å²) in [6.45, 7) is 4.36. The molecule has 0 heterocycles. The summed E-state index contributed by atoms with van der Waals surface area (Å²) in [7, 11) is 1.68. The standard InChI is InChI=1S/C16H24O2/c1-4-6-7-8-12-18-15-11-10-14(9-5-2)13-16(15)17-3/h8,10-13H,4-7,9H2,1-3H3. The van der Waals surface area contributed by atoms with Crippen molar-refractivity contribution in [1.29, 1.82) is 0 Å². The quantitative estimate of drug-likeness (QED) is 0.489. The van der Waals surface area contributed by atoms with Crippen molar-refractivity contribution in [3.63, 3.8) is 0 Å². The number of methoxy groups -OCH3 is 1. The van der Waals surface area contributed by atoms with Crippen molar-refractivity contribution < 1.29 is 9.47 Å². The van der Waals surface area contributed by atoms with E-state index in [0.29, 0.717) is 0 Å². The summed E-state index contributed by atoms with van der Waals surface area (Å²) < 4.78 is 11.0. The normalized spacial score (nSPS) is 10.8. The molecule has 1 aromatic carbocycles. The molecule has 18 heavy (non-hydrogen) atoms. The highest BCUT2D eigenvalue weighted by molar-refractivity contribution is 5.43. The first kappa shape index (κ1) is 14.6. The predicted molar refractivity (Wildman–Crippen MR) is 76.3 cm³/mol. The Bertz CT molecular complexity index is 369. The highest BCUT2D eigenvalue weighted by atomic mass is 16.5. The minimum atomic E-state index is 0.783. The van der Waals surface area contributed by atoms with Gasteiger partial charge in [0.15, 0.2) is 11.5 Å².